The van der Waals surface area contributed by atoms with Crippen LogP contribution in [0.1, 0.15) is 35.2 Å². The van der Waals surface area contributed by atoms with Gasteiger partial charge in [-0.05, 0) is 30.2 Å². The van der Waals surface area contributed by atoms with Gasteiger partial charge in [0.2, 0.25) is 0 Å². The molecule has 5 nitrogen and oxygen atoms in total. The molecule has 0 aliphatic carbocycles. The molecular formula is C19H20N2O3. The number of rotatable bonds is 5. The van der Waals surface area contributed by atoms with Crippen LogP contribution in [0, 0.1) is 0 Å². The summed E-state index contributed by atoms with van der Waals surface area (Å²) in [5.74, 6) is 0.474. The first-order valence-corrected chi connectivity index (χ1v) is 8.07. The van der Waals surface area contributed by atoms with Crippen molar-refractivity contribution in [2.75, 3.05) is 18.5 Å². The average molecular weight is 324 g/mol. The largest absolute Gasteiger partial charge is 0.482 e. The maximum absolute atomic E-state index is 12.4. The molecule has 1 aliphatic heterocycles. The van der Waals surface area contributed by atoms with Crippen molar-refractivity contribution in [3.8, 4) is 5.75 Å². The Hall–Kier alpha value is -2.82. The third-order valence-corrected chi connectivity index (χ3v) is 4.15. The second-order valence-corrected chi connectivity index (χ2v) is 5.77. The molecule has 1 atom stereocenters. The summed E-state index contributed by atoms with van der Waals surface area (Å²) in [6, 6.07) is 15.2. The van der Waals surface area contributed by atoms with E-state index in [0.29, 0.717) is 23.5 Å². The summed E-state index contributed by atoms with van der Waals surface area (Å²) in [6.07, 6.45) is 0.948. The zero-order chi connectivity index (χ0) is 16.9. The number of amides is 2. The van der Waals surface area contributed by atoms with Crippen LogP contribution in [0.3, 0.4) is 0 Å². The monoisotopic (exact) mass is 324 g/mol. The van der Waals surface area contributed by atoms with Gasteiger partial charge in [0, 0.05) is 18.0 Å². The average Bonchev–Trinajstić information content (AvgIpc) is 2.62. The van der Waals surface area contributed by atoms with Crippen molar-refractivity contribution in [3.05, 3.63) is 59.7 Å². The minimum Gasteiger partial charge on any atom is -0.482 e. The quantitative estimate of drug-likeness (QED) is 0.888. The third kappa shape index (κ3) is 3.56. The van der Waals surface area contributed by atoms with Gasteiger partial charge in [0.15, 0.2) is 6.61 Å². The smallest absolute Gasteiger partial charge is 0.262 e. The highest BCUT2D eigenvalue weighted by Crippen LogP contribution is 2.28. The third-order valence-electron chi connectivity index (χ3n) is 4.15. The van der Waals surface area contributed by atoms with Crippen molar-refractivity contribution in [1.29, 1.82) is 0 Å². The van der Waals surface area contributed by atoms with Gasteiger partial charge < -0.3 is 15.4 Å². The van der Waals surface area contributed by atoms with Crippen LogP contribution in [0.25, 0.3) is 0 Å². The highest BCUT2D eigenvalue weighted by molar-refractivity contribution is 5.99. The summed E-state index contributed by atoms with van der Waals surface area (Å²) in [5.41, 5.74) is 2.34. The van der Waals surface area contributed by atoms with E-state index < -0.39 is 0 Å². The molecule has 5 heteroatoms. The van der Waals surface area contributed by atoms with Crippen LogP contribution in [-0.2, 0) is 4.79 Å². The van der Waals surface area contributed by atoms with Crippen molar-refractivity contribution in [2.45, 2.75) is 19.3 Å². The van der Waals surface area contributed by atoms with Gasteiger partial charge in [0.1, 0.15) is 5.75 Å². The van der Waals surface area contributed by atoms with E-state index >= 15 is 0 Å². The standard InChI is InChI=1S/C19H20N2O3/c1-2-13(14-6-4-3-5-7-14)11-20-19(23)15-8-9-16-17(10-15)24-12-18(22)21-16/h3-10,13H,2,11-12H2,1H3,(H,20,23)(H,21,22). The van der Waals surface area contributed by atoms with Gasteiger partial charge in [0.25, 0.3) is 11.8 Å². The van der Waals surface area contributed by atoms with Crippen LogP contribution in [0.2, 0.25) is 0 Å². The number of ether oxygens (including phenoxy) is 1. The molecule has 0 saturated carbocycles. The molecule has 0 fully saturated rings. The molecule has 1 unspecified atom stereocenters. The molecule has 0 spiro atoms. The van der Waals surface area contributed by atoms with Crippen LogP contribution in [-0.4, -0.2) is 25.0 Å². The molecule has 124 valence electrons. The lowest BCUT2D eigenvalue weighted by atomic mass is 9.96. The normalized spacial score (nSPS) is 14.1. The molecule has 2 N–H and O–H groups in total. The van der Waals surface area contributed by atoms with E-state index in [0.717, 1.165) is 6.42 Å². The van der Waals surface area contributed by atoms with E-state index in [-0.39, 0.29) is 24.3 Å². The number of fused-ring (bicyclic) bond motifs is 1. The van der Waals surface area contributed by atoms with Gasteiger partial charge in [-0.1, -0.05) is 37.3 Å². The van der Waals surface area contributed by atoms with E-state index in [2.05, 4.69) is 29.7 Å². The topological polar surface area (TPSA) is 67.4 Å². The fourth-order valence-electron chi connectivity index (χ4n) is 2.76. The molecule has 0 saturated heterocycles. The van der Waals surface area contributed by atoms with Gasteiger partial charge in [-0.25, -0.2) is 0 Å². The highest BCUT2D eigenvalue weighted by Gasteiger charge is 2.18. The molecule has 0 bridgehead atoms. The zero-order valence-electron chi connectivity index (χ0n) is 13.5. The first-order valence-electron chi connectivity index (χ1n) is 8.07. The molecule has 0 aromatic heterocycles. The van der Waals surface area contributed by atoms with Gasteiger partial charge in [-0.2, -0.15) is 0 Å². The number of benzene rings is 2. The van der Waals surface area contributed by atoms with Gasteiger partial charge in [-0.15, -0.1) is 0 Å². The van der Waals surface area contributed by atoms with Crippen LogP contribution in [0.4, 0.5) is 5.69 Å². The molecule has 2 aromatic carbocycles. The van der Waals surface area contributed by atoms with E-state index in [4.69, 9.17) is 4.74 Å². The Kier molecular flexibility index (Phi) is 4.79. The van der Waals surface area contributed by atoms with Crippen LogP contribution in [0.5, 0.6) is 5.75 Å². The molecule has 0 radical (unpaired) electrons. The summed E-state index contributed by atoms with van der Waals surface area (Å²) in [7, 11) is 0. The maximum atomic E-state index is 12.4. The molecule has 2 amide bonds. The lowest BCUT2D eigenvalue weighted by Crippen LogP contribution is -2.29. The minimum atomic E-state index is -0.187. The van der Waals surface area contributed by atoms with Gasteiger partial charge in [0.05, 0.1) is 5.69 Å². The molecule has 1 heterocycles. The molecule has 3 rings (SSSR count). The number of carbonyl (C=O) groups is 2. The second kappa shape index (κ2) is 7.17. The fraction of sp³-hybridized carbons (Fsp3) is 0.263. The number of hydrogen-bond acceptors (Lipinski definition) is 3. The Labute approximate surface area is 141 Å². The number of hydrogen-bond donors (Lipinski definition) is 2. The van der Waals surface area contributed by atoms with Crippen molar-refractivity contribution < 1.29 is 14.3 Å². The Morgan fingerprint density at radius 3 is 2.79 bits per heavy atom. The zero-order valence-corrected chi connectivity index (χ0v) is 13.5. The van der Waals surface area contributed by atoms with Crippen LogP contribution < -0.4 is 15.4 Å². The summed E-state index contributed by atoms with van der Waals surface area (Å²) in [4.78, 5) is 23.7. The molecule has 24 heavy (non-hydrogen) atoms. The number of carbonyl (C=O) groups excluding carboxylic acids is 2. The number of nitrogens with one attached hydrogen (secondary N) is 2. The predicted octanol–water partition coefficient (Wildman–Crippen LogP) is 2.94. The molecule has 2 aromatic rings. The number of anilines is 1. The van der Waals surface area contributed by atoms with E-state index in [9.17, 15) is 9.59 Å². The van der Waals surface area contributed by atoms with Gasteiger partial charge in [-0.3, -0.25) is 9.59 Å². The summed E-state index contributed by atoms with van der Waals surface area (Å²) in [6.45, 7) is 2.66. The highest BCUT2D eigenvalue weighted by atomic mass is 16.5. The minimum absolute atomic E-state index is 0.0238. The van der Waals surface area contributed by atoms with Crippen LogP contribution >= 0.6 is 0 Å². The summed E-state index contributed by atoms with van der Waals surface area (Å²) >= 11 is 0. The van der Waals surface area contributed by atoms with Crippen molar-refractivity contribution in [2.24, 2.45) is 0 Å². The maximum Gasteiger partial charge on any atom is 0.262 e. The first-order chi connectivity index (χ1) is 11.7. The summed E-state index contributed by atoms with van der Waals surface area (Å²) in [5, 5.41) is 5.69. The Bertz CT molecular complexity index is 744. The van der Waals surface area contributed by atoms with Crippen LogP contribution in [0.15, 0.2) is 48.5 Å². The fourth-order valence-corrected chi connectivity index (χ4v) is 2.76. The van der Waals surface area contributed by atoms with E-state index in [1.807, 2.05) is 18.2 Å². The Morgan fingerprint density at radius 2 is 2.04 bits per heavy atom. The van der Waals surface area contributed by atoms with Crippen molar-refractivity contribution >= 4 is 17.5 Å². The molecule has 1 aliphatic rings. The van der Waals surface area contributed by atoms with Crippen molar-refractivity contribution in [3.63, 3.8) is 0 Å². The molecular weight excluding hydrogens is 304 g/mol. The predicted molar refractivity (Wildman–Crippen MR) is 92.4 cm³/mol. The lowest BCUT2D eigenvalue weighted by Gasteiger charge is -2.19. The first kappa shape index (κ1) is 16.1. The lowest BCUT2D eigenvalue weighted by molar-refractivity contribution is -0.118. The van der Waals surface area contributed by atoms with Crippen molar-refractivity contribution in [1.82, 2.24) is 5.32 Å². The Balaban J connectivity index is 1.66. The second-order valence-electron chi connectivity index (χ2n) is 5.77. The van der Waals surface area contributed by atoms with E-state index in [1.54, 1.807) is 18.2 Å². The SMILES string of the molecule is CCC(CNC(=O)c1ccc2c(c1)OCC(=O)N2)c1ccccc1. The summed E-state index contributed by atoms with van der Waals surface area (Å²) < 4.78 is 5.35. The Morgan fingerprint density at radius 1 is 1.25 bits per heavy atom. The van der Waals surface area contributed by atoms with Gasteiger partial charge >= 0.3 is 0 Å². The van der Waals surface area contributed by atoms with E-state index in [1.165, 1.54) is 5.56 Å².